The van der Waals surface area contributed by atoms with E-state index in [9.17, 15) is 4.79 Å². The van der Waals surface area contributed by atoms with Crippen molar-refractivity contribution in [2.24, 2.45) is 4.99 Å². The second-order valence-electron chi connectivity index (χ2n) is 6.94. The van der Waals surface area contributed by atoms with Crippen LogP contribution in [0.5, 0.6) is 0 Å². The number of halogens is 1. The first-order valence-corrected chi connectivity index (χ1v) is 9.71. The Bertz CT molecular complexity index is 1070. The van der Waals surface area contributed by atoms with Crippen LogP contribution in [-0.2, 0) is 4.74 Å². The number of rotatable bonds is 4. The summed E-state index contributed by atoms with van der Waals surface area (Å²) in [5.74, 6) is -0.244. The van der Waals surface area contributed by atoms with Crippen molar-refractivity contribution in [2.45, 2.75) is 25.9 Å². The lowest BCUT2D eigenvalue weighted by Crippen LogP contribution is -2.34. The SMILES string of the molecule is Cc1ccc(N=c2oc3ccc(Cl)cc3cc2C(=O)NC[C@@H]2CCCO2)cc1. The summed E-state index contributed by atoms with van der Waals surface area (Å²) in [6.07, 6.45) is 2.05. The molecule has 1 fully saturated rings. The van der Waals surface area contributed by atoms with E-state index in [-0.39, 0.29) is 17.6 Å². The maximum absolute atomic E-state index is 12.9. The molecule has 1 aliphatic heterocycles. The first-order valence-electron chi connectivity index (χ1n) is 9.33. The van der Waals surface area contributed by atoms with Gasteiger partial charge in [-0.1, -0.05) is 29.3 Å². The fourth-order valence-corrected chi connectivity index (χ4v) is 3.37. The Labute approximate surface area is 168 Å². The Morgan fingerprint density at radius 2 is 2.04 bits per heavy atom. The van der Waals surface area contributed by atoms with Crippen LogP contribution in [0.4, 0.5) is 5.69 Å². The summed E-state index contributed by atoms with van der Waals surface area (Å²) in [5, 5.41) is 4.27. The van der Waals surface area contributed by atoms with Gasteiger partial charge in [-0.3, -0.25) is 4.79 Å². The molecule has 1 N–H and O–H groups in total. The molecular formula is C22H21ClN2O3. The fraction of sp³-hybridized carbons (Fsp3) is 0.273. The second-order valence-corrected chi connectivity index (χ2v) is 7.38. The molecule has 0 radical (unpaired) electrons. The molecule has 1 amide bonds. The molecule has 1 saturated heterocycles. The van der Waals surface area contributed by atoms with Crippen LogP contribution < -0.4 is 10.9 Å². The number of carbonyl (C=O) groups is 1. The Hall–Kier alpha value is -2.63. The highest BCUT2D eigenvalue weighted by Gasteiger charge is 2.18. The van der Waals surface area contributed by atoms with Gasteiger partial charge in [0.05, 0.1) is 11.8 Å². The van der Waals surface area contributed by atoms with E-state index in [2.05, 4.69) is 10.3 Å². The van der Waals surface area contributed by atoms with Gasteiger partial charge in [-0.05, 0) is 56.2 Å². The third-order valence-corrected chi connectivity index (χ3v) is 4.97. The van der Waals surface area contributed by atoms with Gasteiger partial charge < -0.3 is 14.5 Å². The maximum atomic E-state index is 12.9. The highest BCUT2D eigenvalue weighted by atomic mass is 35.5. The number of benzene rings is 2. The van der Waals surface area contributed by atoms with E-state index in [1.54, 1.807) is 24.3 Å². The van der Waals surface area contributed by atoms with Crippen LogP contribution in [-0.4, -0.2) is 25.2 Å². The number of amides is 1. The summed E-state index contributed by atoms with van der Waals surface area (Å²) in [4.78, 5) is 17.4. The molecule has 0 spiro atoms. The van der Waals surface area contributed by atoms with Gasteiger partial charge in [0, 0.05) is 23.6 Å². The summed E-state index contributed by atoms with van der Waals surface area (Å²) in [7, 11) is 0. The van der Waals surface area contributed by atoms with E-state index in [0.29, 0.717) is 22.7 Å². The van der Waals surface area contributed by atoms with Gasteiger partial charge in [0.25, 0.3) is 5.91 Å². The molecule has 1 atom stereocenters. The molecule has 0 aliphatic carbocycles. The summed E-state index contributed by atoms with van der Waals surface area (Å²) in [5.41, 5.74) is 3.11. The third-order valence-electron chi connectivity index (χ3n) is 4.73. The zero-order valence-corrected chi connectivity index (χ0v) is 16.3. The normalized spacial score (nSPS) is 17.2. The van der Waals surface area contributed by atoms with Gasteiger partial charge in [-0.15, -0.1) is 0 Å². The molecule has 0 saturated carbocycles. The minimum atomic E-state index is -0.244. The van der Waals surface area contributed by atoms with Crippen LogP contribution in [0.25, 0.3) is 11.0 Å². The molecule has 144 valence electrons. The monoisotopic (exact) mass is 396 g/mol. The largest absolute Gasteiger partial charge is 0.438 e. The van der Waals surface area contributed by atoms with E-state index in [4.69, 9.17) is 20.8 Å². The van der Waals surface area contributed by atoms with Crippen LogP contribution >= 0.6 is 11.6 Å². The lowest BCUT2D eigenvalue weighted by Gasteiger charge is -2.11. The van der Waals surface area contributed by atoms with Crippen molar-refractivity contribution >= 4 is 34.2 Å². The van der Waals surface area contributed by atoms with E-state index < -0.39 is 0 Å². The second kappa shape index (κ2) is 8.17. The van der Waals surface area contributed by atoms with Crippen molar-refractivity contribution in [3.8, 4) is 0 Å². The summed E-state index contributed by atoms with van der Waals surface area (Å²) in [6.45, 7) is 3.23. The maximum Gasteiger partial charge on any atom is 0.256 e. The average Bonchev–Trinajstić information content (AvgIpc) is 3.21. The molecule has 0 unspecified atom stereocenters. The topological polar surface area (TPSA) is 63.8 Å². The number of hydrogen-bond acceptors (Lipinski definition) is 4. The summed E-state index contributed by atoms with van der Waals surface area (Å²) >= 11 is 6.10. The summed E-state index contributed by atoms with van der Waals surface area (Å²) in [6, 6.07) is 14.8. The number of carbonyl (C=O) groups excluding carboxylic acids is 1. The number of nitrogens with zero attached hydrogens (tertiary/aromatic N) is 1. The number of nitrogens with one attached hydrogen (secondary N) is 1. The van der Waals surface area contributed by atoms with Crippen LogP contribution in [0.1, 0.15) is 28.8 Å². The Kier molecular flexibility index (Phi) is 5.46. The predicted octanol–water partition coefficient (Wildman–Crippen LogP) is 4.54. The first kappa shape index (κ1) is 18.7. The molecule has 5 nitrogen and oxygen atoms in total. The number of ether oxygens (including phenoxy) is 1. The van der Waals surface area contributed by atoms with E-state index in [1.165, 1.54) is 0 Å². The highest BCUT2D eigenvalue weighted by Crippen LogP contribution is 2.20. The van der Waals surface area contributed by atoms with Crippen LogP contribution in [0.3, 0.4) is 0 Å². The van der Waals surface area contributed by atoms with Gasteiger partial charge in [0.15, 0.2) is 0 Å². The van der Waals surface area contributed by atoms with Gasteiger partial charge in [0.1, 0.15) is 11.1 Å². The van der Waals surface area contributed by atoms with Crippen molar-refractivity contribution in [1.29, 1.82) is 0 Å². The molecule has 1 aromatic heterocycles. The standard InChI is InChI=1S/C22H21ClN2O3/c1-14-4-7-17(8-5-14)25-22-19(21(26)24-13-18-3-2-10-27-18)12-15-11-16(23)6-9-20(15)28-22/h4-9,11-12,18H,2-3,10,13H2,1H3,(H,24,26)/t18-/m0/s1. The molecule has 0 bridgehead atoms. The predicted molar refractivity (Wildman–Crippen MR) is 109 cm³/mol. The molecule has 2 heterocycles. The summed E-state index contributed by atoms with van der Waals surface area (Å²) < 4.78 is 11.5. The van der Waals surface area contributed by atoms with Crippen LogP contribution in [0.2, 0.25) is 5.02 Å². The van der Waals surface area contributed by atoms with Crippen molar-refractivity contribution in [3.05, 3.63) is 70.2 Å². The van der Waals surface area contributed by atoms with E-state index in [0.717, 1.165) is 36.1 Å². The zero-order valence-electron chi connectivity index (χ0n) is 15.6. The molecule has 4 rings (SSSR count). The minimum absolute atomic E-state index is 0.0632. The van der Waals surface area contributed by atoms with Crippen LogP contribution in [0, 0.1) is 6.92 Å². The molecule has 28 heavy (non-hydrogen) atoms. The first-order chi connectivity index (χ1) is 13.6. The zero-order chi connectivity index (χ0) is 19.5. The highest BCUT2D eigenvalue weighted by molar-refractivity contribution is 6.31. The lowest BCUT2D eigenvalue weighted by atomic mass is 10.1. The minimum Gasteiger partial charge on any atom is -0.438 e. The molecular weight excluding hydrogens is 376 g/mol. The van der Waals surface area contributed by atoms with Crippen LogP contribution in [0.15, 0.2) is 57.9 Å². The smallest absolute Gasteiger partial charge is 0.256 e. The molecule has 6 heteroatoms. The average molecular weight is 397 g/mol. The Morgan fingerprint density at radius 1 is 1.21 bits per heavy atom. The Balaban J connectivity index is 1.74. The fourth-order valence-electron chi connectivity index (χ4n) is 3.19. The molecule has 3 aromatic rings. The van der Waals surface area contributed by atoms with Gasteiger partial charge >= 0.3 is 0 Å². The molecule has 2 aromatic carbocycles. The number of fused-ring (bicyclic) bond motifs is 1. The number of aryl methyl sites for hydroxylation is 1. The van der Waals surface area contributed by atoms with Gasteiger partial charge in [-0.25, -0.2) is 4.99 Å². The Morgan fingerprint density at radius 3 is 2.79 bits per heavy atom. The van der Waals surface area contributed by atoms with Crippen molar-refractivity contribution in [3.63, 3.8) is 0 Å². The van der Waals surface area contributed by atoms with Crippen molar-refractivity contribution in [2.75, 3.05) is 13.2 Å². The van der Waals surface area contributed by atoms with E-state index in [1.807, 2.05) is 31.2 Å². The van der Waals surface area contributed by atoms with Crippen molar-refractivity contribution < 1.29 is 13.9 Å². The number of hydrogen-bond donors (Lipinski definition) is 1. The lowest BCUT2D eigenvalue weighted by molar-refractivity contribution is 0.0854. The van der Waals surface area contributed by atoms with Gasteiger partial charge in [0.2, 0.25) is 5.55 Å². The third kappa shape index (κ3) is 4.26. The van der Waals surface area contributed by atoms with Gasteiger partial charge in [-0.2, -0.15) is 0 Å². The van der Waals surface area contributed by atoms with E-state index >= 15 is 0 Å². The van der Waals surface area contributed by atoms with Crippen molar-refractivity contribution in [1.82, 2.24) is 5.32 Å². The molecule has 1 aliphatic rings. The quantitative estimate of drug-likeness (QED) is 0.704.